The maximum absolute atomic E-state index is 5.85. The largest absolute Gasteiger partial charge is 0.367 e. The topological polar surface area (TPSA) is 37.8 Å². The van der Waals surface area contributed by atoms with Crippen molar-refractivity contribution in [1.29, 1.82) is 0 Å². The molecular formula is C8H12ClN3. The summed E-state index contributed by atoms with van der Waals surface area (Å²) >= 11 is 5.85. The van der Waals surface area contributed by atoms with Crippen LogP contribution in [-0.2, 0) is 0 Å². The number of nitrogens with one attached hydrogen (secondary N) is 1. The third-order valence-electron chi connectivity index (χ3n) is 1.29. The Hall–Kier alpha value is -0.830. The quantitative estimate of drug-likeness (QED) is 0.768. The lowest BCUT2D eigenvalue weighted by molar-refractivity contribution is 0.881. The summed E-state index contributed by atoms with van der Waals surface area (Å²) in [7, 11) is 0. The molecule has 1 N–H and O–H groups in total. The number of aryl methyl sites for hydroxylation is 1. The molecule has 0 radical (unpaired) electrons. The standard InChI is InChI=1S/C8H12ClN3/c1-5(2)11-8-7(9)4-10-6(3)12-8/h4-5H,1-3H3,(H,10,11,12). The van der Waals surface area contributed by atoms with Crippen LogP contribution in [0.15, 0.2) is 6.20 Å². The lowest BCUT2D eigenvalue weighted by Gasteiger charge is -2.10. The fourth-order valence-corrected chi connectivity index (χ4v) is 0.976. The summed E-state index contributed by atoms with van der Waals surface area (Å²) in [6.45, 7) is 5.91. The van der Waals surface area contributed by atoms with Crippen LogP contribution in [0.3, 0.4) is 0 Å². The van der Waals surface area contributed by atoms with Crippen molar-refractivity contribution in [3.05, 3.63) is 17.0 Å². The van der Waals surface area contributed by atoms with Crippen molar-refractivity contribution in [1.82, 2.24) is 9.97 Å². The lowest BCUT2D eigenvalue weighted by Crippen LogP contribution is -2.12. The van der Waals surface area contributed by atoms with Gasteiger partial charge in [-0.3, -0.25) is 0 Å². The van der Waals surface area contributed by atoms with Gasteiger partial charge in [0.15, 0.2) is 0 Å². The molecule has 0 aliphatic rings. The van der Waals surface area contributed by atoms with E-state index in [1.54, 1.807) is 6.20 Å². The normalized spacial score (nSPS) is 10.4. The smallest absolute Gasteiger partial charge is 0.148 e. The van der Waals surface area contributed by atoms with E-state index in [0.29, 0.717) is 16.9 Å². The van der Waals surface area contributed by atoms with Gasteiger partial charge in [-0.15, -0.1) is 0 Å². The van der Waals surface area contributed by atoms with Crippen molar-refractivity contribution in [2.45, 2.75) is 26.8 Å². The highest BCUT2D eigenvalue weighted by Gasteiger charge is 2.03. The van der Waals surface area contributed by atoms with Crippen molar-refractivity contribution >= 4 is 17.4 Å². The Morgan fingerprint density at radius 1 is 1.50 bits per heavy atom. The second kappa shape index (κ2) is 3.72. The second-order valence-corrected chi connectivity index (χ2v) is 3.32. The molecule has 1 heterocycles. The van der Waals surface area contributed by atoms with E-state index in [1.807, 2.05) is 20.8 Å². The van der Waals surface area contributed by atoms with Crippen molar-refractivity contribution in [2.75, 3.05) is 5.32 Å². The number of nitrogens with zero attached hydrogens (tertiary/aromatic N) is 2. The zero-order valence-electron chi connectivity index (χ0n) is 7.43. The molecule has 0 spiro atoms. The van der Waals surface area contributed by atoms with E-state index in [1.165, 1.54) is 0 Å². The first-order valence-corrected chi connectivity index (χ1v) is 4.23. The fraction of sp³-hybridized carbons (Fsp3) is 0.500. The molecule has 1 aromatic rings. The van der Waals surface area contributed by atoms with E-state index >= 15 is 0 Å². The van der Waals surface area contributed by atoms with Gasteiger partial charge >= 0.3 is 0 Å². The molecule has 66 valence electrons. The first-order chi connectivity index (χ1) is 5.59. The maximum atomic E-state index is 5.85. The van der Waals surface area contributed by atoms with E-state index in [-0.39, 0.29) is 0 Å². The predicted molar refractivity (Wildman–Crippen MR) is 50.5 cm³/mol. The minimum absolute atomic E-state index is 0.330. The first kappa shape index (κ1) is 9.26. The Morgan fingerprint density at radius 3 is 2.75 bits per heavy atom. The Kier molecular flexibility index (Phi) is 2.87. The number of hydrogen-bond donors (Lipinski definition) is 1. The van der Waals surface area contributed by atoms with Gasteiger partial charge in [-0.2, -0.15) is 0 Å². The summed E-state index contributed by atoms with van der Waals surface area (Å²) in [5.74, 6) is 1.43. The zero-order chi connectivity index (χ0) is 9.14. The minimum atomic E-state index is 0.330. The summed E-state index contributed by atoms with van der Waals surface area (Å²) in [6.07, 6.45) is 1.61. The van der Waals surface area contributed by atoms with Crippen LogP contribution in [0.2, 0.25) is 5.02 Å². The molecule has 0 atom stereocenters. The van der Waals surface area contributed by atoms with Crippen LogP contribution >= 0.6 is 11.6 Å². The first-order valence-electron chi connectivity index (χ1n) is 3.85. The van der Waals surface area contributed by atoms with Gasteiger partial charge < -0.3 is 5.32 Å². The molecule has 0 saturated carbocycles. The zero-order valence-corrected chi connectivity index (χ0v) is 8.18. The van der Waals surface area contributed by atoms with Crippen LogP contribution in [0.5, 0.6) is 0 Å². The van der Waals surface area contributed by atoms with Crippen LogP contribution in [0.25, 0.3) is 0 Å². The molecule has 0 aromatic carbocycles. The van der Waals surface area contributed by atoms with Crippen molar-refractivity contribution < 1.29 is 0 Å². The van der Waals surface area contributed by atoms with Crippen LogP contribution < -0.4 is 5.32 Å². The summed E-state index contributed by atoms with van der Waals surface area (Å²) in [4.78, 5) is 8.12. The minimum Gasteiger partial charge on any atom is -0.367 e. The highest BCUT2D eigenvalue weighted by atomic mass is 35.5. The highest BCUT2D eigenvalue weighted by Crippen LogP contribution is 2.17. The molecule has 0 saturated heterocycles. The molecule has 3 nitrogen and oxygen atoms in total. The van der Waals surface area contributed by atoms with E-state index in [2.05, 4.69) is 15.3 Å². The summed E-state index contributed by atoms with van der Waals surface area (Å²) in [5.41, 5.74) is 0. The lowest BCUT2D eigenvalue weighted by atomic mass is 10.4. The summed E-state index contributed by atoms with van der Waals surface area (Å²) in [5, 5.41) is 3.69. The molecule has 0 unspecified atom stereocenters. The van der Waals surface area contributed by atoms with Gasteiger partial charge in [-0.1, -0.05) is 11.6 Å². The average Bonchev–Trinajstić information content (AvgIpc) is 1.96. The van der Waals surface area contributed by atoms with E-state index in [4.69, 9.17) is 11.6 Å². The molecule has 0 bridgehead atoms. The van der Waals surface area contributed by atoms with Crippen molar-refractivity contribution in [2.24, 2.45) is 0 Å². The van der Waals surface area contributed by atoms with E-state index in [9.17, 15) is 0 Å². The monoisotopic (exact) mass is 185 g/mol. The predicted octanol–water partition coefficient (Wildman–Crippen LogP) is 2.26. The SMILES string of the molecule is Cc1ncc(Cl)c(NC(C)C)n1. The van der Waals surface area contributed by atoms with Gasteiger partial charge in [0.25, 0.3) is 0 Å². The third kappa shape index (κ3) is 2.34. The van der Waals surface area contributed by atoms with Gasteiger partial charge in [-0.25, -0.2) is 9.97 Å². The van der Waals surface area contributed by atoms with Crippen molar-refractivity contribution in [3.63, 3.8) is 0 Å². The Morgan fingerprint density at radius 2 is 2.17 bits per heavy atom. The van der Waals surface area contributed by atoms with Gasteiger partial charge in [0, 0.05) is 6.04 Å². The fourth-order valence-electron chi connectivity index (χ4n) is 0.830. The third-order valence-corrected chi connectivity index (χ3v) is 1.57. The Bertz CT molecular complexity index is 273. The summed E-state index contributed by atoms with van der Waals surface area (Å²) in [6, 6.07) is 0.330. The van der Waals surface area contributed by atoms with E-state index < -0.39 is 0 Å². The number of aromatic nitrogens is 2. The molecule has 0 fully saturated rings. The molecular weight excluding hydrogens is 174 g/mol. The maximum Gasteiger partial charge on any atom is 0.148 e. The Labute approximate surface area is 77.2 Å². The molecule has 0 amide bonds. The number of hydrogen-bond acceptors (Lipinski definition) is 3. The van der Waals surface area contributed by atoms with Gasteiger partial charge in [0.2, 0.25) is 0 Å². The number of rotatable bonds is 2. The second-order valence-electron chi connectivity index (χ2n) is 2.91. The molecule has 1 aromatic heterocycles. The Balaban J connectivity index is 2.90. The number of halogens is 1. The number of anilines is 1. The van der Waals surface area contributed by atoms with Gasteiger partial charge in [0.05, 0.1) is 6.20 Å². The molecule has 0 aliphatic carbocycles. The molecule has 4 heteroatoms. The molecule has 1 rings (SSSR count). The molecule has 0 aliphatic heterocycles. The van der Waals surface area contributed by atoms with Crippen LogP contribution in [-0.4, -0.2) is 16.0 Å². The van der Waals surface area contributed by atoms with Crippen molar-refractivity contribution in [3.8, 4) is 0 Å². The van der Waals surface area contributed by atoms with Gasteiger partial charge in [-0.05, 0) is 20.8 Å². The van der Waals surface area contributed by atoms with Crippen LogP contribution in [0.1, 0.15) is 19.7 Å². The molecule has 12 heavy (non-hydrogen) atoms. The van der Waals surface area contributed by atoms with Crippen LogP contribution in [0, 0.1) is 6.92 Å². The van der Waals surface area contributed by atoms with Gasteiger partial charge in [0.1, 0.15) is 16.7 Å². The van der Waals surface area contributed by atoms with Crippen LogP contribution in [0.4, 0.5) is 5.82 Å². The summed E-state index contributed by atoms with van der Waals surface area (Å²) < 4.78 is 0. The average molecular weight is 186 g/mol. The highest BCUT2D eigenvalue weighted by molar-refractivity contribution is 6.32. The van der Waals surface area contributed by atoms with E-state index in [0.717, 1.165) is 5.82 Å².